The fourth-order valence-electron chi connectivity index (χ4n) is 2.39. The molecule has 96 valence electrons. The Hall–Kier alpha value is -1.73. The summed E-state index contributed by atoms with van der Waals surface area (Å²) in [5.74, 6) is 0.578. The Morgan fingerprint density at radius 2 is 2.28 bits per heavy atom. The third-order valence-electron chi connectivity index (χ3n) is 3.86. The Morgan fingerprint density at radius 1 is 1.56 bits per heavy atom. The summed E-state index contributed by atoms with van der Waals surface area (Å²) < 4.78 is 5.21. The van der Waals surface area contributed by atoms with E-state index < -0.39 is 5.60 Å². The molecule has 1 N–H and O–H groups in total. The van der Waals surface area contributed by atoms with Crippen molar-refractivity contribution in [3.63, 3.8) is 0 Å². The lowest BCUT2D eigenvalue weighted by Crippen LogP contribution is -2.40. The highest BCUT2D eigenvalue weighted by Crippen LogP contribution is 2.34. The summed E-state index contributed by atoms with van der Waals surface area (Å²) in [7, 11) is 1.56. The second kappa shape index (κ2) is 4.51. The van der Waals surface area contributed by atoms with Gasteiger partial charge in [-0.1, -0.05) is 0 Å². The maximum atomic E-state index is 10.2. The predicted octanol–water partition coefficient (Wildman–Crippen LogP) is 1.92. The molecule has 1 unspecified atom stereocenters. The van der Waals surface area contributed by atoms with Crippen LogP contribution >= 0.6 is 0 Å². The fourth-order valence-corrected chi connectivity index (χ4v) is 2.39. The van der Waals surface area contributed by atoms with Gasteiger partial charge in [0.2, 0.25) is 0 Å². The number of nitriles is 1. The van der Waals surface area contributed by atoms with Crippen LogP contribution in [0.4, 0.5) is 5.69 Å². The molecule has 0 saturated carbocycles. The average molecular weight is 246 g/mol. The molecule has 1 heterocycles. The molecule has 0 bridgehead atoms. The second-order valence-corrected chi connectivity index (χ2v) is 4.97. The Bertz CT molecular complexity index is 491. The standard InChI is InChI=1S/C14H18N2O2/c1-10-14(2,17)6-7-16(10)12-5-4-11(9-15)13(8-12)18-3/h4-5,8,10,17H,6-7H2,1-3H3/t10-,14?/m0/s1. The van der Waals surface area contributed by atoms with Crippen molar-refractivity contribution in [2.45, 2.75) is 31.9 Å². The summed E-state index contributed by atoms with van der Waals surface area (Å²) in [5.41, 5.74) is 0.845. The minimum Gasteiger partial charge on any atom is -0.495 e. The summed E-state index contributed by atoms with van der Waals surface area (Å²) >= 11 is 0. The smallest absolute Gasteiger partial charge is 0.138 e. The van der Waals surface area contributed by atoms with Gasteiger partial charge in [0, 0.05) is 18.3 Å². The zero-order chi connectivity index (χ0) is 13.3. The van der Waals surface area contributed by atoms with Crippen molar-refractivity contribution < 1.29 is 9.84 Å². The molecule has 2 atom stereocenters. The quantitative estimate of drug-likeness (QED) is 0.866. The molecule has 4 heteroatoms. The zero-order valence-corrected chi connectivity index (χ0v) is 11.0. The summed E-state index contributed by atoms with van der Waals surface area (Å²) in [6.45, 7) is 4.68. The van der Waals surface area contributed by atoms with E-state index in [1.54, 1.807) is 13.2 Å². The number of anilines is 1. The molecule has 1 aliphatic heterocycles. The molecule has 1 saturated heterocycles. The van der Waals surface area contributed by atoms with Crippen LogP contribution in [0.1, 0.15) is 25.8 Å². The van der Waals surface area contributed by atoms with E-state index >= 15 is 0 Å². The van der Waals surface area contributed by atoms with Crippen LogP contribution in [-0.2, 0) is 0 Å². The Morgan fingerprint density at radius 3 is 2.78 bits per heavy atom. The monoisotopic (exact) mass is 246 g/mol. The highest BCUT2D eigenvalue weighted by Gasteiger charge is 2.39. The van der Waals surface area contributed by atoms with Crippen molar-refractivity contribution in [3.05, 3.63) is 23.8 Å². The van der Waals surface area contributed by atoms with E-state index in [2.05, 4.69) is 11.0 Å². The summed E-state index contributed by atoms with van der Waals surface area (Å²) in [6.07, 6.45) is 0.747. The third kappa shape index (κ3) is 2.02. The van der Waals surface area contributed by atoms with Gasteiger partial charge in [-0.3, -0.25) is 0 Å². The summed E-state index contributed by atoms with van der Waals surface area (Å²) in [6, 6.07) is 7.67. The van der Waals surface area contributed by atoms with Crippen LogP contribution in [-0.4, -0.2) is 30.4 Å². The van der Waals surface area contributed by atoms with Crippen molar-refractivity contribution >= 4 is 5.69 Å². The fraction of sp³-hybridized carbons (Fsp3) is 0.500. The van der Waals surface area contributed by atoms with Gasteiger partial charge < -0.3 is 14.7 Å². The van der Waals surface area contributed by atoms with E-state index in [4.69, 9.17) is 10.00 Å². The molecule has 0 aliphatic carbocycles. The van der Waals surface area contributed by atoms with Gasteiger partial charge in [0.05, 0.1) is 24.3 Å². The molecule has 2 rings (SSSR count). The van der Waals surface area contributed by atoms with Gasteiger partial charge in [0.15, 0.2) is 0 Å². The molecule has 4 nitrogen and oxygen atoms in total. The Labute approximate surface area is 107 Å². The highest BCUT2D eigenvalue weighted by atomic mass is 16.5. The lowest BCUT2D eigenvalue weighted by Gasteiger charge is -2.30. The van der Waals surface area contributed by atoms with Crippen LogP contribution in [0.15, 0.2) is 18.2 Å². The SMILES string of the molecule is COc1cc(N2CCC(C)(O)[C@@H]2C)ccc1C#N. The van der Waals surface area contributed by atoms with Gasteiger partial charge in [-0.15, -0.1) is 0 Å². The zero-order valence-electron chi connectivity index (χ0n) is 11.0. The predicted molar refractivity (Wildman–Crippen MR) is 69.8 cm³/mol. The normalized spacial score (nSPS) is 27.1. The van der Waals surface area contributed by atoms with Gasteiger partial charge in [-0.25, -0.2) is 0 Å². The van der Waals surface area contributed by atoms with E-state index in [0.717, 1.165) is 18.7 Å². The maximum Gasteiger partial charge on any atom is 0.138 e. The number of nitrogens with zero attached hydrogens (tertiary/aromatic N) is 2. The van der Waals surface area contributed by atoms with Crippen LogP contribution in [0.25, 0.3) is 0 Å². The summed E-state index contributed by atoms with van der Waals surface area (Å²) in [5, 5.41) is 19.2. The van der Waals surface area contributed by atoms with Gasteiger partial charge >= 0.3 is 0 Å². The topological polar surface area (TPSA) is 56.5 Å². The van der Waals surface area contributed by atoms with Gasteiger partial charge in [-0.05, 0) is 32.4 Å². The van der Waals surface area contributed by atoms with Crippen LogP contribution in [0.5, 0.6) is 5.75 Å². The second-order valence-electron chi connectivity index (χ2n) is 4.97. The van der Waals surface area contributed by atoms with Crippen molar-refractivity contribution in [1.82, 2.24) is 0 Å². The average Bonchev–Trinajstić information content (AvgIpc) is 2.64. The first-order valence-electron chi connectivity index (χ1n) is 6.07. The molecular formula is C14H18N2O2. The first kappa shape index (κ1) is 12.7. The number of benzene rings is 1. The van der Waals surface area contributed by atoms with Crippen molar-refractivity contribution in [2.75, 3.05) is 18.6 Å². The van der Waals surface area contributed by atoms with Crippen LogP contribution < -0.4 is 9.64 Å². The van der Waals surface area contributed by atoms with Crippen molar-refractivity contribution in [1.29, 1.82) is 5.26 Å². The van der Waals surface area contributed by atoms with Crippen LogP contribution in [0, 0.1) is 11.3 Å². The molecule has 0 spiro atoms. The lowest BCUT2D eigenvalue weighted by molar-refractivity contribution is 0.0566. The van der Waals surface area contributed by atoms with Crippen LogP contribution in [0.3, 0.4) is 0 Å². The first-order chi connectivity index (χ1) is 8.49. The number of aliphatic hydroxyl groups is 1. The molecule has 18 heavy (non-hydrogen) atoms. The van der Waals surface area contributed by atoms with Gasteiger partial charge in [-0.2, -0.15) is 5.26 Å². The number of ether oxygens (including phenoxy) is 1. The third-order valence-corrected chi connectivity index (χ3v) is 3.86. The van der Waals surface area contributed by atoms with Crippen molar-refractivity contribution in [2.24, 2.45) is 0 Å². The Balaban J connectivity index is 2.33. The minimum absolute atomic E-state index is 0.0511. The maximum absolute atomic E-state index is 10.2. The Kier molecular flexibility index (Phi) is 3.18. The number of hydrogen-bond donors (Lipinski definition) is 1. The van der Waals surface area contributed by atoms with E-state index in [1.165, 1.54) is 0 Å². The van der Waals surface area contributed by atoms with E-state index in [0.29, 0.717) is 11.3 Å². The van der Waals surface area contributed by atoms with E-state index in [9.17, 15) is 5.11 Å². The molecule has 1 aromatic rings. The van der Waals surface area contributed by atoms with E-state index in [-0.39, 0.29) is 6.04 Å². The molecular weight excluding hydrogens is 228 g/mol. The van der Waals surface area contributed by atoms with E-state index in [1.807, 2.05) is 26.0 Å². The molecule has 0 radical (unpaired) electrons. The first-order valence-corrected chi connectivity index (χ1v) is 6.07. The number of methoxy groups -OCH3 is 1. The number of hydrogen-bond acceptors (Lipinski definition) is 4. The molecule has 0 amide bonds. The molecule has 0 aromatic heterocycles. The van der Waals surface area contributed by atoms with Crippen LogP contribution in [0.2, 0.25) is 0 Å². The highest BCUT2D eigenvalue weighted by molar-refractivity contribution is 5.58. The largest absolute Gasteiger partial charge is 0.495 e. The minimum atomic E-state index is -0.666. The molecule has 1 fully saturated rings. The lowest BCUT2D eigenvalue weighted by atomic mass is 9.99. The summed E-state index contributed by atoms with van der Waals surface area (Å²) in [4.78, 5) is 2.14. The van der Waals surface area contributed by atoms with Gasteiger partial charge in [0.1, 0.15) is 11.8 Å². The van der Waals surface area contributed by atoms with Crippen molar-refractivity contribution in [3.8, 4) is 11.8 Å². The van der Waals surface area contributed by atoms with Gasteiger partial charge in [0.25, 0.3) is 0 Å². The number of rotatable bonds is 2. The molecule has 1 aromatic carbocycles. The molecule has 1 aliphatic rings.